The van der Waals surface area contributed by atoms with Crippen molar-refractivity contribution in [2.75, 3.05) is 26.3 Å². The second kappa shape index (κ2) is 5.44. The summed E-state index contributed by atoms with van der Waals surface area (Å²) < 4.78 is 5.39. The molecule has 1 aliphatic heterocycles. The molecule has 5 nitrogen and oxygen atoms in total. The second-order valence-corrected chi connectivity index (χ2v) is 4.09. The van der Waals surface area contributed by atoms with Crippen LogP contribution in [0.4, 0.5) is 0 Å². The van der Waals surface area contributed by atoms with Crippen LogP contribution in [-0.4, -0.2) is 54.2 Å². The number of ether oxygens (including phenoxy) is 1. The van der Waals surface area contributed by atoms with Crippen molar-refractivity contribution in [1.82, 2.24) is 9.91 Å². The minimum Gasteiger partial charge on any atom is -0.378 e. The van der Waals surface area contributed by atoms with Crippen LogP contribution in [0.15, 0.2) is 0 Å². The highest BCUT2D eigenvalue weighted by atomic mass is 16.5. The van der Waals surface area contributed by atoms with Crippen molar-refractivity contribution in [3.05, 3.63) is 0 Å². The van der Waals surface area contributed by atoms with Gasteiger partial charge in [0, 0.05) is 18.6 Å². The third-order valence-electron chi connectivity index (χ3n) is 2.83. The van der Waals surface area contributed by atoms with E-state index in [4.69, 9.17) is 10.6 Å². The fraction of sp³-hybridized carbons (Fsp3) is 0.900. The summed E-state index contributed by atoms with van der Waals surface area (Å²) in [5.74, 6) is 5.52. The maximum atomic E-state index is 11.7. The Morgan fingerprint density at radius 1 is 1.47 bits per heavy atom. The Labute approximate surface area is 91.1 Å². The number of nitrogens with two attached hydrogens (primary N) is 1. The summed E-state index contributed by atoms with van der Waals surface area (Å²) in [5.41, 5.74) is 0. The first-order valence-corrected chi connectivity index (χ1v) is 5.44. The molecule has 0 aliphatic carbocycles. The van der Waals surface area contributed by atoms with Crippen LogP contribution in [0.2, 0.25) is 0 Å². The number of rotatable bonds is 3. The van der Waals surface area contributed by atoms with Gasteiger partial charge < -0.3 is 4.74 Å². The van der Waals surface area contributed by atoms with Crippen molar-refractivity contribution in [2.24, 2.45) is 5.84 Å². The maximum Gasteiger partial charge on any atom is 0.250 e. The highest BCUT2D eigenvalue weighted by Crippen LogP contribution is 2.12. The maximum absolute atomic E-state index is 11.7. The lowest BCUT2D eigenvalue weighted by Gasteiger charge is -2.38. The van der Waals surface area contributed by atoms with Crippen LogP contribution >= 0.6 is 0 Å². The minimum absolute atomic E-state index is 0.0295. The molecule has 0 radical (unpaired) electrons. The predicted octanol–water partition coefficient (Wildman–Crippen LogP) is -0.182. The van der Waals surface area contributed by atoms with Gasteiger partial charge in [-0.2, -0.15) is 0 Å². The number of nitrogens with zero attached hydrogens (tertiary/aromatic N) is 2. The Hall–Kier alpha value is -0.650. The van der Waals surface area contributed by atoms with Gasteiger partial charge in [-0.15, -0.1) is 0 Å². The van der Waals surface area contributed by atoms with E-state index in [1.807, 2.05) is 6.92 Å². The fourth-order valence-corrected chi connectivity index (χ4v) is 1.77. The third kappa shape index (κ3) is 3.15. The van der Waals surface area contributed by atoms with E-state index in [2.05, 4.69) is 18.7 Å². The first-order chi connectivity index (χ1) is 7.06. The van der Waals surface area contributed by atoms with E-state index in [0.717, 1.165) is 0 Å². The number of carbonyl (C=O) groups excluding carboxylic acids is 1. The lowest BCUT2D eigenvalue weighted by molar-refractivity contribution is -0.136. The Balaban J connectivity index is 2.51. The van der Waals surface area contributed by atoms with Crippen LogP contribution in [0.1, 0.15) is 20.8 Å². The van der Waals surface area contributed by atoms with Crippen molar-refractivity contribution >= 4 is 5.91 Å². The quantitative estimate of drug-likeness (QED) is 0.403. The second-order valence-electron chi connectivity index (χ2n) is 4.09. The molecular formula is C10H21N3O2. The summed E-state index contributed by atoms with van der Waals surface area (Å²) >= 11 is 0. The molecule has 1 amide bonds. The van der Waals surface area contributed by atoms with Gasteiger partial charge in [0.25, 0.3) is 5.91 Å². The summed E-state index contributed by atoms with van der Waals surface area (Å²) in [6.45, 7) is 8.31. The van der Waals surface area contributed by atoms with Gasteiger partial charge >= 0.3 is 0 Å². The van der Waals surface area contributed by atoms with E-state index in [0.29, 0.717) is 26.3 Å². The van der Waals surface area contributed by atoms with Crippen LogP contribution in [0.25, 0.3) is 0 Å². The van der Waals surface area contributed by atoms with Crippen LogP contribution in [0.3, 0.4) is 0 Å². The lowest BCUT2D eigenvalue weighted by Crippen LogP contribution is -2.54. The summed E-state index contributed by atoms with van der Waals surface area (Å²) in [5, 5.41) is 1.26. The molecule has 88 valence electrons. The predicted molar refractivity (Wildman–Crippen MR) is 58.0 cm³/mol. The van der Waals surface area contributed by atoms with Crippen molar-refractivity contribution in [3.63, 3.8) is 0 Å². The van der Waals surface area contributed by atoms with E-state index in [1.54, 1.807) is 0 Å². The average molecular weight is 215 g/mol. The summed E-state index contributed by atoms with van der Waals surface area (Å²) in [7, 11) is 0. The summed E-state index contributed by atoms with van der Waals surface area (Å²) in [6.07, 6.45) is 0. The summed E-state index contributed by atoms with van der Waals surface area (Å²) in [4.78, 5) is 13.8. The molecule has 2 N–H and O–H groups in total. The minimum atomic E-state index is -0.0295. The zero-order chi connectivity index (χ0) is 11.4. The van der Waals surface area contributed by atoms with E-state index in [9.17, 15) is 4.79 Å². The number of carbonyl (C=O) groups is 1. The van der Waals surface area contributed by atoms with Gasteiger partial charge in [0.1, 0.15) is 0 Å². The fourth-order valence-electron chi connectivity index (χ4n) is 1.77. The molecule has 1 heterocycles. The molecule has 0 spiro atoms. The van der Waals surface area contributed by atoms with Crippen molar-refractivity contribution < 1.29 is 9.53 Å². The summed E-state index contributed by atoms with van der Waals surface area (Å²) in [6, 6.07) is 0.561. The Morgan fingerprint density at radius 3 is 2.47 bits per heavy atom. The molecule has 0 aromatic heterocycles. The molecule has 2 unspecified atom stereocenters. The van der Waals surface area contributed by atoms with Gasteiger partial charge in [0.15, 0.2) is 0 Å². The van der Waals surface area contributed by atoms with Crippen LogP contribution in [-0.2, 0) is 9.53 Å². The molecular weight excluding hydrogens is 194 g/mol. The zero-order valence-corrected chi connectivity index (χ0v) is 9.77. The number of hydrogen-bond donors (Lipinski definition) is 1. The Morgan fingerprint density at radius 2 is 2.00 bits per heavy atom. The smallest absolute Gasteiger partial charge is 0.250 e. The highest BCUT2D eigenvalue weighted by Gasteiger charge is 2.27. The first-order valence-electron chi connectivity index (χ1n) is 5.44. The number of hydrazine groups is 1. The molecule has 0 saturated carbocycles. The number of morpholine rings is 1. The van der Waals surface area contributed by atoms with Crippen molar-refractivity contribution in [1.29, 1.82) is 0 Å². The van der Waals surface area contributed by atoms with Gasteiger partial charge in [-0.25, -0.2) is 5.84 Å². The standard InChI is InChI=1S/C10H21N3O2/c1-4-13(11)10(14)5-12-8(2)6-15-7-9(12)3/h8-9H,4-7,11H2,1-3H3. The van der Waals surface area contributed by atoms with E-state index in [-0.39, 0.29) is 18.0 Å². The zero-order valence-electron chi connectivity index (χ0n) is 9.77. The first kappa shape index (κ1) is 12.4. The topological polar surface area (TPSA) is 58.8 Å². The largest absolute Gasteiger partial charge is 0.378 e. The highest BCUT2D eigenvalue weighted by molar-refractivity contribution is 5.77. The van der Waals surface area contributed by atoms with Gasteiger partial charge in [0.05, 0.1) is 19.8 Å². The van der Waals surface area contributed by atoms with E-state index in [1.165, 1.54) is 5.01 Å². The van der Waals surface area contributed by atoms with E-state index < -0.39 is 0 Å². The van der Waals surface area contributed by atoms with Crippen LogP contribution in [0, 0.1) is 0 Å². The number of amides is 1. The van der Waals surface area contributed by atoms with Gasteiger partial charge in [0.2, 0.25) is 0 Å². The molecule has 1 fully saturated rings. The Kier molecular flexibility index (Phi) is 4.50. The molecule has 0 bridgehead atoms. The van der Waals surface area contributed by atoms with Gasteiger partial charge in [-0.3, -0.25) is 14.7 Å². The normalized spacial score (nSPS) is 27.7. The molecule has 1 rings (SSSR count). The Bertz CT molecular complexity index is 213. The molecule has 2 atom stereocenters. The van der Waals surface area contributed by atoms with E-state index >= 15 is 0 Å². The average Bonchev–Trinajstić information content (AvgIpc) is 2.22. The van der Waals surface area contributed by atoms with Gasteiger partial charge in [-0.05, 0) is 20.8 Å². The molecule has 1 aliphatic rings. The van der Waals surface area contributed by atoms with Crippen molar-refractivity contribution in [2.45, 2.75) is 32.9 Å². The molecule has 15 heavy (non-hydrogen) atoms. The number of likely N-dealkylation sites (N-methyl/N-ethyl adjacent to an activating group) is 1. The SMILES string of the molecule is CCN(N)C(=O)CN1C(C)COCC1C. The molecule has 0 aromatic rings. The number of hydrogen-bond acceptors (Lipinski definition) is 4. The van der Waals surface area contributed by atoms with Crippen LogP contribution in [0.5, 0.6) is 0 Å². The van der Waals surface area contributed by atoms with Gasteiger partial charge in [-0.1, -0.05) is 0 Å². The third-order valence-corrected chi connectivity index (χ3v) is 2.83. The molecule has 0 aromatic carbocycles. The molecule has 5 heteroatoms. The monoisotopic (exact) mass is 215 g/mol. The molecule has 1 saturated heterocycles. The van der Waals surface area contributed by atoms with Crippen molar-refractivity contribution in [3.8, 4) is 0 Å². The van der Waals surface area contributed by atoms with Crippen LogP contribution < -0.4 is 5.84 Å². The lowest BCUT2D eigenvalue weighted by atomic mass is 10.1.